The van der Waals surface area contributed by atoms with Crippen LogP contribution in [0.25, 0.3) is 0 Å². The van der Waals surface area contributed by atoms with Crippen LogP contribution >= 0.6 is 0 Å². The molecule has 1 aromatic rings. The average Bonchev–Trinajstić information content (AvgIpc) is 2.42. The molecule has 1 aromatic carbocycles. The molecule has 0 bridgehead atoms. The number of carbonyl (C=O) groups excluding carboxylic acids is 1. The first-order valence-electron chi connectivity index (χ1n) is 7.31. The highest BCUT2D eigenvalue weighted by atomic mass is 16.1. The van der Waals surface area contributed by atoms with Crippen LogP contribution in [0.5, 0.6) is 0 Å². The van der Waals surface area contributed by atoms with Gasteiger partial charge in [-0.2, -0.15) is 0 Å². The molecule has 0 heterocycles. The summed E-state index contributed by atoms with van der Waals surface area (Å²) in [4.78, 5) is 12.5. The van der Waals surface area contributed by atoms with E-state index < -0.39 is 0 Å². The summed E-state index contributed by atoms with van der Waals surface area (Å²) >= 11 is 0. The number of ketones is 1. The summed E-state index contributed by atoms with van der Waals surface area (Å²) in [6.07, 6.45) is 2.14. The van der Waals surface area contributed by atoms with E-state index in [4.69, 9.17) is 5.73 Å². The molecule has 2 heteroatoms. The van der Waals surface area contributed by atoms with E-state index in [-0.39, 0.29) is 11.2 Å². The summed E-state index contributed by atoms with van der Waals surface area (Å²) < 4.78 is 0. The Bertz CT molecular complexity index is 394. The lowest BCUT2D eigenvalue weighted by Crippen LogP contribution is -2.38. The van der Waals surface area contributed by atoms with Gasteiger partial charge in [-0.05, 0) is 29.9 Å². The van der Waals surface area contributed by atoms with E-state index >= 15 is 0 Å². The third-order valence-corrected chi connectivity index (χ3v) is 4.35. The summed E-state index contributed by atoms with van der Waals surface area (Å²) in [5, 5.41) is 0. The van der Waals surface area contributed by atoms with Crippen molar-refractivity contribution in [2.45, 2.75) is 52.9 Å². The zero-order valence-electron chi connectivity index (χ0n) is 12.7. The maximum absolute atomic E-state index is 12.5. The molecule has 2 nitrogen and oxygen atoms in total. The van der Waals surface area contributed by atoms with Gasteiger partial charge in [0.2, 0.25) is 0 Å². The van der Waals surface area contributed by atoms with E-state index in [9.17, 15) is 4.79 Å². The van der Waals surface area contributed by atoms with E-state index in [0.717, 1.165) is 18.4 Å². The molecule has 0 saturated heterocycles. The van der Waals surface area contributed by atoms with Gasteiger partial charge in [-0.15, -0.1) is 0 Å². The van der Waals surface area contributed by atoms with Gasteiger partial charge in [0.25, 0.3) is 0 Å². The van der Waals surface area contributed by atoms with E-state index in [1.807, 2.05) is 0 Å². The van der Waals surface area contributed by atoms with Gasteiger partial charge in [-0.25, -0.2) is 0 Å². The zero-order valence-corrected chi connectivity index (χ0v) is 12.7. The van der Waals surface area contributed by atoms with Crippen molar-refractivity contribution >= 4 is 5.78 Å². The largest absolute Gasteiger partial charge is 0.329 e. The molecule has 0 aromatic heterocycles. The molecule has 0 amide bonds. The molecule has 0 aliphatic carbocycles. The monoisotopic (exact) mass is 261 g/mol. The Kier molecular flexibility index (Phi) is 5.74. The minimum Gasteiger partial charge on any atom is -0.329 e. The summed E-state index contributed by atoms with van der Waals surface area (Å²) in [5.41, 5.74) is 7.89. The molecule has 0 aliphatic heterocycles. The number of benzene rings is 1. The molecule has 0 atom stereocenters. The van der Waals surface area contributed by atoms with Gasteiger partial charge in [0.05, 0.1) is 0 Å². The molecular weight excluding hydrogens is 234 g/mol. The standard InChI is InChI=1S/C17H27NO/c1-5-17(6-2,12-18)16(19)11-14-7-9-15(10-8-14)13(3)4/h7-10,13H,5-6,11-12,18H2,1-4H3. The topological polar surface area (TPSA) is 43.1 Å². The van der Waals surface area contributed by atoms with Crippen molar-refractivity contribution in [2.24, 2.45) is 11.1 Å². The average molecular weight is 261 g/mol. The third kappa shape index (κ3) is 3.66. The fourth-order valence-corrected chi connectivity index (χ4v) is 2.44. The van der Waals surface area contributed by atoms with Crippen LogP contribution in [0.15, 0.2) is 24.3 Å². The smallest absolute Gasteiger partial charge is 0.144 e. The van der Waals surface area contributed by atoms with Gasteiger partial charge < -0.3 is 5.73 Å². The Hall–Kier alpha value is -1.15. The maximum Gasteiger partial charge on any atom is 0.144 e. The van der Waals surface area contributed by atoms with E-state index in [0.29, 0.717) is 18.9 Å². The number of Topliss-reactive ketones (excluding diaryl/α,β-unsaturated/α-hetero) is 1. The lowest BCUT2D eigenvalue weighted by molar-refractivity contribution is -0.128. The van der Waals surface area contributed by atoms with Gasteiger partial charge >= 0.3 is 0 Å². The Morgan fingerprint density at radius 3 is 2.05 bits per heavy atom. The first kappa shape index (κ1) is 15.9. The number of hydrogen-bond donors (Lipinski definition) is 1. The minimum atomic E-state index is -0.337. The predicted molar refractivity (Wildman–Crippen MR) is 81.3 cm³/mol. The quantitative estimate of drug-likeness (QED) is 0.813. The Labute approximate surface area is 117 Å². The Morgan fingerprint density at radius 1 is 1.16 bits per heavy atom. The van der Waals surface area contributed by atoms with Crippen molar-refractivity contribution < 1.29 is 4.79 Å². The lowest BCUT2D eigenvalue weighted by Gasteiger charge is -2.28. The first-order valence-corrected chi connectivity index (χ1v) is 7.31. The summed E-state index contributed by atoms with van der Waals surface area (Å²) in [5.74, 6) is 0.802. The fourth-order valence-electron chi connectivity index (χ4n) is 2.44. The molecule has 0 radical (unpaired) electrons. The van der Waals surface area contributed by atoms with Crippen LogP contribution in [0.4, 0.5) is 0 Å². The number of hydrogen-bond acceptors (Lipinski definition) is 2. The molecule has 2 N–H and O–H groups in total. The first-order chi connectivity index (χ1) is 8.99. The fraction of sp³-hybridized carbons (Fsp3) is 0.588. The molecule has 1 rings (SSSR count). The van der Waals surface area contributed by atoms with Crippen LogP contribution in [0.1, 0.15) is 57.6 Å². The van der Waals surface area contributed by atoms with Gasteiger partial charge in [0.15, 0.2) is 0 Å². The predicted octanol–water partition coefficient (Wildman–Crippen LogP) is 3.69. The molecule has 0 saturated carbocycles. The molecule has 0 aliphatic rings. The Balaban J connectivity index is 2.81. The molecule has 0 unspecified atom stereocenters. The van der Waals surface area contributed by atoms with Crippen molar-refractivity contribution in [1.82, 2.24) is 0 Å². The highest BCUT2D eigenvalue weighted by Gasteiger charge is 2.32. The number of nitrogens with two attached hydrogens (primary N) is 1. The van der Waals surface area contributed by atoms with Crippen LogP contribution in [-0.4, -0.2) is 12.3 Å². The van der Waals surface area contributed by atoms with E-state index in [1.165, 1.54) is 5.56 Å². The third-order valence-electron chi connectivity index (χ3n) is 4.35. The highest BCUT2D eigenvalue weighted by molar-refractivity contribution is 5.87. The van der Waals surface area contributed by atoms with Crippen LogP contribution < -0.4 is 5.73 Å². The summed E-state index contributed by atoms with van der Waals surface area (Å²) in [7, 11) is 0. The van der Waals surface area contributed by atoms with Crippen LogP contribution in [0, 0.1) is 5.41 Å². The van der Waals surface area contributed by atoms with Gasteiger partial charge in [-0.1, -0.05) is 52.0 Å². The zero-order chi connectivity index (χ0) is 14.5. The normalized spacial score (nSPS) is 11.9. The van der Waals surface area contributed by atoms with Crippen LogP contribution in [0.3, 0.4) is 0 Å². The maximum atomic E-state index is 12.5. The number of carbonyl (C=O) groups is 1. The van der Waals surface area contributed by atoms with Crippen molar-refractivity contribution in [3.05, 3.63) is 35.4 Å². The minimum absolute atomic E-state index is 0.275. The van der Waals surface area contributed by atoms with Crippen molar-refractivity contribution in [1.29, 1.82) is 0 Å². The van der Waals surface area contributed by atoms with Gasteiger partial charge in [0.1, 0.15) is 5.78 Å². The second-order valence-electron chi connectivity index (χ2n) is 5.69. The molecule has 106 valence electrons. The van der Waals surface area contributed by atoms with Gasteiger partial charge in [-0.3, -0.25) is 4.79 Å². The van der Waals surface area contributed by atoms with Crippen LogP contribution in [0.2, 0.25) is 0 Å². The Morgan fingerprint density at radius 2 is 1.68 bits per heavy atom. The SMILES string of the molecule is CCC(CC)(CN)C(=O)Cc1ccc(C(C)C)cc1. The molecule has 0 fully saturated rings. The highest BCUT2D eigenvalue weighted by Crippen LogP contribution is 2.28. The molecule has 19 heavy (non-hydrogen) atoms. The second-order valence-corrected chi connectivity index (χ2v) is 5.69. The molecule has 0 spiro atoms. The van der Waals surface area contributed by atoms with Crippen molar-refractivity contribution in [3.8, 4) is 0 Å². The summed E-state index contributed by atoms with van der Waals surface area (Å²) in [6, 6.07) is 8.38. The van der Waals surface area contributed by atoms with Gasteiger partial charge in [0, 0.05) is 18.4 Å². The van der Waals surface area contributed by atoms with Crippen molar-refractivity contribution in [2.75, 3.05) is 6.54 Å². The lowest BCUT2D eigenvalue weighted by atomic mass is 9.76. The summed E-state index contributed by atoms with van der Waals surface area (Å²) in [6.45, 7) is 8.90. The van der Waals surface area contributed by atoms with E-state index in [1.54, 1.807) is 0 Å². The van der Waals surface area contributed by atoms with Crippen molar-refractivity contribution in [3.63, 3.8) is 0 Å². The molecular formula is C17H27NO. The van der Waals surface area contributed by atoms with Crippen LogP contribution in [-0.2, 0) is 11.2 Å². The number of rotatable bonds is 7. The van der Waals surface area contributed by atoms with E-state index in [2.05, 4.69) is 52.0 Å². The second kappa shape index (κ2) is 6.85.